The van der Waals surface area contributed by atoms with Gasteiger partial charge in [0.15, 0.2) is 0 Å². The molecule has 1 N–H and O–H groups in total. The molecule has 0 unspecified atom stereocenters. The van der Waals surface area contributed by atoms with E-state index in [0.29, 0.717) is 10.9 Å². The third-order valence-corrected chi connectivity index (χ3v) is 3.37. The lowest BCUT2D eigenvalue weighted by Crippen LogP contribution is -1.99. The highest BCUT2D eigenvalue weighted by Crippen LogP contribution is 2.37. The Balaban J connectivity index is 2.29. The molecule has 0 atom stereocenters. The first-order chi connectivity index (χ1) is 7.18. The van der Waals surface area contributed by atoms with Crippen LogP contribution in [0.15, 0.2) is 18.2 Å². The van der Waals surface area contributed by atoms with Crippen molar-refractivity contribution in [1.29, 1.82) is 0 Å². The molecule has 2 rings (SSSR count). The molecule has 2 nitrogen and oxygen atoms in total. The van der Waals surface area contributed by atoms with Gasteiger partial charge in [-0.05, 0) is 36.5 Å². The van der Waals surface area contributed by atoms with Gasteiger partial charge in [0.05, 0.1) is 5.56 Å². The van der Waals surface area contributed by atoms with Gasteiger partial charge in [0.2, 0.25) is 0 Å². The van der Waals surface area contributed by atoms with Crippen molar-refractivity contribution >= 4 is 17.6 Å². The van der Waals surface area contributed by atoms with E-state index in [9.17, 15) is 4.79 Å². The number of benzene rings is 1. The summed E-state index contributed by atoms with van der Waals surface area (Å²) in [6.07, 6.45) is 4.85. The van der Waals surface area contributed by atoms with Gasteiger partial charge < -0.3 is 5.11 Å². The second kappa shape index (κ2) is 4.23. The Hall–Kier alpha value is -1.02. The zero-order valence-electron chi connectivity index (χ0n) is 8.37. The summed E-state index contributed by atoms with van der Waals surface area (Å²) in [5.41, 5.74) is 1.38. The Morgan fingerprint density at radius 2 is 2.00 bits per heavy atom. The molecule has 80 valence electrons. The minimum atomic E-state index is -0.921. The number of hydrogen-bond acceptors (Lipinski definition) is 1. The summed E-state index contributed by atoms with van der Waals surface area (Å²) >= 11 is 6.09. The van der Waals surface area contributed by atoms with E-state index in [1.165, 1.54) is 25.7 Å². The van der Waals surface area contributed by atoms with Crippen LogP contribution in [0.5, 0.6) is 0 Å². The largest absolute Gasteiger partial charge is 0.478 e. The van der Waals surface area contributed by atoms with Crippen LogP contribution in [0.25, 0.3) is 0 Å². The lowest BCUT2D eigenvalue weighted by molar-refractivity contribution is 0.0697. The van der Waals surface area contributed by atoms with E-state index in [1.807, 2.05) is 6.07 Å². The predicted octanol–water partition coefficient (Wildman–Crippen LogP) is 3.70. The first kappa shape index (κ1) is 10.5. The molecule has 1 aliphatic carbocycles. The van der Waals surface area contributed by atoms with Gasteiger partial charge >= 0.3 is 5.97 Å². The van der Waals surface area contributed by atoms with Gasteiger partial charge in [-0.1, -0.05) is 30.5 Å². The fourth-order valence-corrected chi connectivity index (χ4v) is 2.56. The minimum Gasteiger partial charge on any atom is -0.478 e. The van der Waals surface area contributed by atoms with Crippen LogP contribution >= 0.6 is 11.6 Å². The molecular weight excluding hydrogens is 212 g/mol. The summed E-state index contributed by atoms with van der Waals surface area (Å²) in [5, 5.41) is 9.41. The van der Waals surface area contributed by atoms with E-state index in [2.05, 4.69) is 0 Å². The van der Waals surface area contributed by atoms with E-state index in [-0.39, 0.29) is 5.56 Å². The Labute approximate surface area is 93.9 Å². The maximum atomic E-state index is 10.7. The van der Waals surface area contributed by atoms with Crippen LogP contribution in [-0.2, 0) is 0 Å². The van der Waals surface area contributed by atoms with Gasteiger partial charge in [0.1, 0.15) is 0 Å². The van der Waals surface area contributed by atoms with Crippen molar-refractivity contribution in [2.45, 2.75) is 31.6 Å². The van der Waals surface area contributed by atoms with Crippen molar-refractivity contribution < 1.29 is 9.90 Å². The lowest BCUT2D eigenvalue weighted by Gasteiger charge is -2.11. The highest BCUT2D eigenvalue weighted by atomic mass is 35.5. The summed E-state index contributed by atoms with van der Waals surface area (Å²) in [5.74, 6) is -0.393. The molecule has 0 spiro atoms. The Kier molecular flexibility index (Phi) is 2.96. The summed E-state index contributed by atoms with van der Waals surface area (Å²) in [6.45, 7) is 0. The number of halogens is 1. The van der Waals surface area contributed by atoms with Gasteiger partial charge in [-0.3, -0.25) is 0 Å². The number of rotatable bonds is 2. The first-order valence-electron chi connectivity index (χ1n) is 5.21. The van der Waals surface area contributed by atoms with E-state index in [4.69, 9.17) is 16.7 Å². The minimum absolute atomic E-state index is 0.266. The van der Waals surface area contributed by atoms with Crippen LogP contribution in [0.4, 0.5) is 0 Å². The third kappa shape index (κ3) is 2.15. The second-order valence-corrected chi connectivity index (χ2v) is 4.43. The summed E-state index contributed by atoms with van der Waals surface area (Å²) in [6, 6.07) is 5.06. The van der Waals surface area contributed by atoms with Crippen molar-refractivity contribution in [2.75, 3.05) is 0 Å². The zero-order valence-corrected chi connectivity index (χ0v) is 9.13. The van der Waals surface area contributed by atoms with Crippen LogP contribution in [0, 0.1) is 0 Å². The summed E-state index contributed by atoms with van der Waals surface area (Å²) in [4.78, 5) is 10.7. The van der Waals surface area contributed by atoms with Crippen LogP contribution in [0.1, 0.15) is 47.5 Å². The molecule has 0 saturated heterocycles. The van der Waals surface area contributed by atoms with Gasteiger partial charge in [-0.2, -0.15) is 0 Å². The number of aromatic carboxylic acids is 1. The quantitative estimate of drug-likeness (QED) is 0.832. The summed E-state index contributed by atoms with van der Waals surface area (Å²) in [7, 11) is 0. The molecule has 0 aromatic heterocycles. The number of hydrogen-bond donors (Lipinski definition) is 1. The maximum absolute atomic E-state index is 10.7. The molecule has 15 heavy (non-hydrogen) atoms. The van der Waals surface area contributed by atoms with E-state index >= 15 is 0 Å². The fraction of sp³-hybridized carbons (Fsp3) is 0.417. The molecular formula is C12H13ClO2. The topological polar surface area (TPSA) is 37.3 Å². The molecule has 0 heterocycles. The van der Waals surface area contributed by atoms with Crippen molar-refractivity contribution in [3.05, 3.63) is 34.3 Å². The maximum Gasteiger partial charge on any atom is 0.335 e. The van der Waals surface area contributed by atoms with Gasteiger partial charge in [-0.15, -0.1) is 0 Å². The first-order valence-corrected chi connectivity index (χ1v) is 5.59. The van der Waals surface area contributed by atoms with Gasteiger partial charge in [-0.25, -0.2) is 4.79 Å². The van der Waals surface area contributed by atoms with Crippen molar-refractivity contribution in [3.63, 3.8) is 0 Å². The Morgan fingerprint density at radius 3 is 2.53 bits per heavy atom. The highest BCUT2D eigenvalue weighted by molar-refractivity contribution is 6.31. The van der Waals surface area contributed by atoms with Crippen molar-refractivity contribution in [2.24, 2.45) is 0 Å². The molecule has 0 radical (unpaired) electrons. The molecule has 1 aliphatic rings. The van der Waals surface area contributed by atoms with E-state index in [0.717, 1.165) is 5.56 Å². The van der Waals surface area contributed by atoms with Gasteiger partial charge in [0, 0.05) is 5.02 Å². The van der Waals surface area contributed by atoms with Crippen LogP contribution in [-0.4, -0.2) is 11.1 Å². The average molecular weight is 225 g/mol. The molecule has 1 aromatic rings. The zero-order chi connectivity index (χ0) is 10.8. The number of carboxylic acids is 1. The molecule has 1 fully saturated rings. The SMILES string of the molecule is O=C(O)c1ccc(C2CCCC2)c(Cl)c1. The smallest absolute Gasteiger partial charge is 0.335 e. The molecule has 0 bridgehead atoms. The Bertz CT molecular complexity index is 381. The van der Waals surface area contributed by atoms with Crippen molar-refractivity contribution in [1.82, 2.24) is 0 Å². The van der Waals surface area contributed by atoms with Crippen LogP contribution < -0.4 is 0 Å². The van der Waals surface area contributed by atoms with E-state index in [1.54, 1.807) is 12.1 Å². The van der Waals surface area contributed by atoms with Crippen molar-refractivity contribution in [3.8, 4) is 0 Å². The van der Waals surface area contributed by atoms with Crippen LogP contribution in [0.2, 0.25) is 5.02 Å². The third-order valence-electron chi connectivity index (χ3n) is 3.04. The molecule has 0 aliphatic heterocycles. The summed E-state index contributed by atoms with van der Waals surface area (Å²) < 4.78 is 0. The molecule has 1 aromatic carbocycles. The molecule has 3 heteroatoms. The van der Waals surface area contributed by atoms with E-state index < -0.39 is 5.97 Å². The van der Waals surface area contributed by atoms with Gasteiger partial charge in [0.25, 0.3) is 0 Å². The standard InChI is InChI=1S/C12H13ClO2/c13-11-7-9(12(14)15)5-6-10(11)8-3-1-2-4-8/h5-8H,1-4H2,(H,14,15). The Morgan fingerprint density at radius 1 is 1.33 bits per heavy atom. The lowest BCUT2D eigenvalue weighted by atomic mass is 9.96. The predicted molar refractivity (Wildman–Crippen MR) is 59.6 cm³/mol. The monoisotopic (exact) mass is 224 g/mol. The normalized spacial score (nSPS) is 16.9. The second-order valence-electron chi connectivity index (χ2n) is 4.02. The highest BCUT2D eigenvalue weighted by Gasteiger charge is 2.20. The molecule has 1 saturated carbocycles. The number of carboxylic acid groups (broad SMARTS) is 1. The van der Waals surface area contributed by atoms with Crippen LogP contribution in [0.3, 0.4) is 0 Å². The average Bonchev–Trinajstić information content (AvgIpc) is 2.70. The molecule has 0 amide bonds. The number of carbonyl (C=O) groups is 1. The fourth-order valence-electron chi connectivity index (χ4n) is 2.23.